The molecule has 4 nitrogen and oxygen atoms in total. The summed E-state index contributed by atoms with van der Waals surface area (Å²) in [7, 11) is 0. The molecule has 1 fully saturated rings. The minimum atomic E-state index is -0.170. The molecule has 20 heavy (non-hydrogen) atoms. The van der Waals surface area contributed by atoms with Gasteiger partial charge in [0, 0.05) is 25.0 Å². The first-order valence-electron chi connectivity index (χ1n) is 7.60. The highest BCUT2D eigenvalue weighted by molar-refractivity contribution is 5.81. The number of aromatic nitrogens is 1. The smallest absolute Gasteiger partial charge is 0.237 e. The maximum Gasteiger partial charge on any atom is 0.237 e. The molecule has 2 rings (SSSR count). The van der Waals surface area contributed by atoms with Crippen LogP contribution >= 0.6 is 0 Å². The van der Waals surface area contributed by atoms with E-state index in [1.165, 1.54) is 24.8 Å². The van der Waals surface area contributed by atoms with Gasteiger partial charge in [0.15, 0.2) is 0 Å². The summed E-state index contributed by atoms with van der Waals surface area (Å²) in [6.07, 6.45) is 9.68. The van der Waals surface area contributed by atoms with E-state index >= 15 is 0 Å². The molecule has 1 heterocycles. The van der Waals surface area contributed by atoms with Gasteiger partial charge in [-0.25, -0.2) is 0 Å². The molecule has 0 radical (unpaired) electrons. The zero-order valence-corrected chi connectivity index (χ0v) is 12.5. The van der Waals surface area contributed by atoms with Crippen molar-refractivity contribution in [1.82, 2.24) is 15.6 Å². The summed E-state index contributed by atoms with van der Waals surface area (Å²) in [5, 5.41) is 6.43. The molecule has 1 aromatic heterocycles. The van der Waals surface area contributed by atoms with Gasteiger partial charge in [0.2, 0.25) is 5.91 Å². The number of nitrogens with one attached hydrogen (secondary N) is 2. The van der Waals surface area contributed by atoms with Crippen LogP contribution in [-0.4, -0.2) is 23.0 Å². The number of aryl methyl sites for hydroxylation is 1. The molecule has 4 heteroatoms. The summed E-state index contributed by atoms with van der Waals surface area (Å²) in [5.74, 6) is 0.110. The Morgan fingerprint density at radius 3 is 2.85 bits per heavy atom. The topological polar surface area (TPSA) is 54.0 Å². The number of hydrogen-bond acceptors (Lipinski definition) is 3. The number of pyridine rings is 1. The second-order valence-corrected chi connectivity index (χ2v) is 5.75. The van der Waals surface area contributed by atoms with Crippen molar-refractivity contribution >= 4 is 5.91 Å². The first kappa shape index (κ1) is 15.0. The summed E-state index contributed by atoms with van der Waals surface area (Å²) >= 11 is 0. The fourth-order valence-corrected chi connectivity index (χ4v) is 2.61. The lowest BCUT2D eigenvalue weighted by Gasteiger charge is -2.24. The zero-order valence-electron chi connectivity index (χ0n) is 12.5. The molecular formula is C16H25N3O. The summed E-state index contributed by atoms with van der Waals surface area (Å²) in [6, 6.07) is 2.20. The lowest BCUT2D eigenvalue weighted by atomic mass is 9.95. The molecular weight excluding hydrogens is 250 g/mol. The Bertz CT molecular complexity index is 441. The largest absolute Gasteiger partial charge is 0.352 e. The Morgan fingerprint density at radius 1 is 1.40 bits per heavy atom. The molecule has 0 aliphatic heterocycles. The third-order valence-electron chi connectivity index (χ3n) is 4.09. The van der Waals surface area contributed by atoms with Crippen LogP contribution in [0.5, 0.6) is 0 Å². The fraction of sp³-hybridized carbons (Fsp3) is 0.625. The highest BCUT2D eigenvalue weighted by atomic mass is 16.2. The molecule has 0 spiro atoms. The molecule has 1 aliphatic rings. The monoisotopic (exact) mass is 275 g/mol. The molecule has 0 aromatic carbocycles. The molecule has 1 atom stereocenters. The van der Waals surface area contributed by atoms with Gasteiger partial charge in [-0.3, -0.25) is 9.78 Å². The number of rotatable bonds is 5. The normalized spacial score (nSPS) is 17.7. The Balaban J connectivity index is 1.77. The predicted molar refractivity (Wildman–Crippen MR) is 80.3 cm³/mol. The van der Waals surface area contributed by atoms with Crippen molar-refractivity contribution in [2.75, 3.05) is 0 Å². The number of carbonyl (C=O) groups excluding carboxylic acids is 1. The number of hydrogen-bond donors (Lipinski definition) is 2. The van der Waals surface area contributed by atoms with Crippen LogP contribution in [0.15, 0.2) is 18.5 Å². The van der Waals surface area contributed by atoms with Crippen molar-refractivity contribution in [2.24, 2.45) is 0 Å². The SMILES string of the molecule is Cc1ccncc1CNC(C)C(=O)NC1CCCCC1. The highest BCUT2D eigenvalue weighted by Crippen LogP contribution is 2.17. The average molecular weight is 275 g/mol. The Morgan fingerprint density at radius 2 is 2.15 bits per heavy atom. The van der Waals surface area contributed by atoms with Crippen LogP contribution in [0.25, 0.3) is 0 Å². The van der Waals surface area contributed by atoms with E-state index in [9.17, 15) is 4.79 Å². The maximum atomic E-state index is 12.1. The van der Waals surface area contributed by atoms with Gasteiger partial charge in [0.05, 0.1) is 6.04 Å². The van der Waals surface area contributed by atoms with Gasteiger partial charge in [0.1, 0.15) is 0 Å². The van der Waals surface area contributed by atoms with Crippen LogP contribution in [0, 0.1) is 6.92 Å². The molecule has 1 aliphatic carbocycles. The lowest BCUT2D eigenvalue weighted by Crippen LogP contribution is -2.46. The quantitative estimate of drug-likeness (QED) is 0.867. The Hall–Kier alpha value is -1.42. The van der Waals surface area contributed by atoms with Gasteiger partial charge in [0.25, 0.3) is 0 Å². The first-order chi connectivity index (χ1) is 9.66. The fourth-order valence-electron chi connectivity index (χ4n) is 2.61. The number of amides is 1. The van der Waals surface area contributed by atoms with Gasteiger partial charge in [-0.1, -0.05) is 19.3 Å². The standard InChI is InChI=1S/C16H25N3O/c1-12-8-9-17-10-14(12)11-18-13(2)16(20)19-15-6-4-3-5-7-15/h8-10,13,15,18H,3-7,11H2,1-2H3,(H,19,20). The van der Waals surface area contributed by atoms with Crippen molar-refractivity contribution in [1.29, 1.82) is 0 Å². The molecule has 110 valence electrons. The maximum absolute atomic E-state index is 12.1. The van der Waals surface area contributed by atoms with Crippen LogP contribution in [-0.2, 0) is 11.3 Å². The van der Waals surface area contributed by atoms with Crippen LogP contribution in [0.4, 0.5) is 0 Å². The van der Waals surface area contributed by atoms with E-state index in [2.05, 4.69) is 22.5 Å². The van der Waals surface area contributed by atoms with Crippen molar-refractivity contribution in [3.05, 3.63) is 29.6 Å². The van der Waals surface area contributed by atoms with Gasteiger partial charge < -0.3 is 10.6 Å². The summed E-state index contributed by atoms with van der Waals surface area (Å²) in [5.41, 5.74) is 2.34. The van der Waals surface area contributed by atoms with Crippen molar-refractivity contribution in [3.63, 3.8) is 0 Å². The van der Waals surface area contributed by atoms with Crippen molar-refractivity contribution in [3.8, 4) is 0 Å². The molecule has 1 unspecified atom stereocenters. The predicted octanol–water partition coefficient (Wildman–Crippen LogP) is 2.32. The third-order valence-corrected chi connectivity index (χ3v) is 4.09. The number of nitrogens with zero attached hydrogens (tertiary/aromatic N) is 1. The van der Waals surface area contributed by atoms with E-state index < -0.39 is 0 Å². The van der Waals surface area contributed by atoms with E-state index in [0.29, 0.717) is 12.6 Å². The van der Waals surface area contributed by atoms with E-state index in [-0.39, 0.29) is 11.9 Å². The van der Waals surface area contributed by atoms with Gasteiger partial charge in [-0.05, 0) is 43.9 Å². The second-order valence-electron chi connectivity index (χ2n) is 5.75. The van der Waals surface area contributed by atoms with Gasteiger partial charge in [-0.15, -0.1) is 0 Å². The molecule has 1 saturated carbocycles. The summed E-state index contributed by atoms with van der Waals surface area (Å²) < 4.78 is 0. The van der Waals surface area contributed by atoms with Crippen molar-refractivity contribution in [2.45, 2.75) is 64.6 Å². The van der Waals surface area contributed by atoms with Crippen LogP contribution in [0.1, 0.15) is 50.2 Å². The van der Waals surface area contributed by atoms with Gasteiger partial charge >= 0.3 is 0 Å². The average Bonchev–Trinajstić information content (AvgIpc) is 2.47. The summed E-state index contributed by atoms with van der Waals surface area (Å²) in [6.45, 7) is 4.66. The lowest BCUT2D eigenvalue weighted by molar-refractivity contribution is -0.123. The Labute approximate surface area is 121 Å². The van der Waals surface area contributed by atoms with E-state index in [0.717, 1.165) is 18.4 Å². The van der Waals surface area contributed by atoms with Crippen LogP contribution < -0.4 is 10.6 Å². The minimum absolute atomic E-state index is 0.110. The zero-order chi connectivity index (χ0) is 14.4. The first-order valence-corrected chi connectivity index (χ1v) is 7.60. The molecule has 0 bridgehead atoms. The second kappa shape index (κ2) is 7.39. The number of carbonyl (C=O) groups is 1. The molecule has 1 amide bonds. The Kier molecular flexibility index (Phi) is 5.53. The molecule has 0 saturated heterocycles. The summed E-state index contributed by atoms with van der Waals surface area (Å²) in [4.78, 5) is 16.2. The molecule has 1 aromatic rings. The van der Waals surface area contributed by atoms with Crippen LogP contribution in [0.2, 0.25) is 0 Å². The van der Waals surface area contributed by atoms with E-state index in [1.54, 1.807) is 6.20 Å². The highest BCUT2D eigenvalue weighted by Gasteiger charge is 2.19. The molecule has 2 N–H and O–H groups in total. The van der Waals surface area contributed by atoms with Crippen LogP contribution in [0.3, 0.4) is 0 Å². The van der Waals surface area contributed by atoms with E-state index in [1.807, 2.05) is 19.2 Å². The van der Waals surface area contributed by atoms with Gasteiger partial charge in [-0.2, -0.15) is 0 Å². The van der Waals surface area contributed by atoms with E-state index in [4.69, 9.17) is 0 Å². The third kappa shape index (κ3) is 4.30. The van der Waals surface area contributed by atoms with Crippen molar-refractivity contribution < 1.29 is 4.79 Å². The minimum Gasteiger partial charge on any atom is -0.352 e.